The van der Waals surface area contributed by atoms with Crippen molar-refractivity contribution in [3.63, 3.8) is 0 Å². The lowest BCUT2D eigenvalue weighted by molar-refractivity contribution is -0.123. The van der Waals surface area contributed by atoms with Crippen LogP contribution in [0.3, 0.4) is 0 Å². The summed E-state index contributed by atoms with van der Waals surface area (Å²) in [5.74, 6) is 1.41. The van der Waals surface area contributed by atoms with Crippen LogP contribution in [0, 0.1) is 0 Å². The molecule has 1 aromatic heterocycles. The molecule has 0 radical (unpaired) electrons. The van der Waals surface area contributed by atoms with Gasteiger partial charge in [0.15, 0.2) is 0 Å². The molecule has 0 unspecified atom stereocenters. The van der Waals surface area contributed by atoms with Gasteiger partial charge in [-0.3, -0.25) is 14.7 Å². The van der Waals surface area contributed by atoms with Gasteiger partial charge in [0.2, 0.25) is 5.91 Å². The maximum absolute atomic E-state index is 12.7. The zero-order valence-corrected chi connectivity index (χ0v) is 17.6. The van der Waals surface area contributed by atoms with Crippen molar-refractivity contribution in [2.75, 3.05) is 13.1 Å². The lowest BCUT2D eigenvalue weighted by Crippen LogP contribution is -2.50. The number of ether oxygens (including phenoxy) is 1. The number of para-hydroxylation sites is 1. The molecule has 1 atom stereocenters. The summed E-state index contributed by atoms with van der Waals surface area (Å²) < 4.78 is 6.61. The lowest BCUT2D eigenvalue weighted by atomic mass is 9.76. The normalized spacial score (nSPS) is 23.3. The number of fused-ring (bicyclic) bond motifs is 1. The molecule has 1 aromatic carbocycles. The van der Waals surface area contributed by atoms with Crippen molar-refractivity contribution in [3.8, 4) is 5.75 Å². The Bertz CT molecular complexity index is 873. The number of rotatable bonds is 5. The molecule has 1 amide bonds. The van der Waals surface area contributed by atoms with Crippen molar-refractivity contribution in [1.82, 2.24) is 15.2 Å². The summed E-state index contributed by atoms with van der Waals surface area (Å²) in [6, 6.07) is 12.9. The largest absolute Gasteiger partial charge is 0.487 e. The molecule has 0 bridgehead atoms. The molecule has 2 aromatic rings. The maximum atomic E-state index is 12.7. The van der Waals surface area contributed by atoms with E-state index in [4.69, 9.17) is 4.74 Å². The van der Waals surface area contributed by atoms with E-state index < -0.39 is 0 Å². The first kappa shape index (κ1) is 19.6. The van der Waals surface area contributed by atoms with Gasteiger partial charge in [0.05, 0.1) is 0 Å². The van der Waals surface area contributed by atoms with Crippen LogP contribution in [0.5, 0.6) is 5.75 Å². The topological polar surface area (TPSA) is 54.5 Å². The number of benzene rings is 1. The molecule has 158 valence electrons. The van der Waals surface area contributed by atoms with E-state index in [1.54, 1.807) is 0 Å². The van der Waals surface area contributed by atoms with E-state index in [1.807, 2.05) is 24.5 Å². The number of nitrogens with one attached hydrogen (secondary N) is 1. The Kier molecular flexibility index (Phi) is 5.47. The number of hydrogen-bond acceptors (Lipinski definition) is 4. The Morgan fingerprint density at radius 2 is 2.00 bits per heavy atom. The van der Waals surface area contributed by atoms with Gasteiger partial charge < -0.3 is 10.1 Å². The molecule has 30 heavy (non-hydrogen) atoms. The van der Waals surface area contributed by atoms with Gasteiger partial charge in [-0.1, -0.05) is 24.3 Å². The van der Waals surface area contributed by atoms with Crippen molar-refractivity contribution >= 4 is 5.91 Å². The molecule has 5 heteroatoms. The van der Waals surface area contributed by atoms with Crippen molar-refractivity contribution in [3.05, 3.63) is 59.9 Å². The number of likely N-dealkylation sites (tertiary alicyclic amines) is 1. The highest BCUT2D eigenvalue weighted by atomic mass is 16.5. The van der Waals surface area contributed by atoms with Gasteiger partial charge in [-0.25, -0.2) is 0 Å². The smallest absolute Gasteiger partial charge is 0.220 e. The summed E-state index contributed by atoms with van der Waals surface area (Å²) in [6.07, 6.45) is 10.8. The van der Waals surface area contributed by atoms with E-state index in [1.165, 1.54) is 17.5 Å². The van der Waals surface area contributed by atoms with Crippen molar-refractivity contribution < 1.29 is 9.53 Å². The van der Waals surface area contributed by atoms with Crippen LogP contribution in [0.25, 0.3) is 0 Å². The number of piperidine rings is 1. The van der Waals surface area contributed by atoms with Crippen molar-refractivity contribution in [1.29, 1.82) is 0 Å². The number of carbonyl (C=O) groups is 1. The summed E-state index contributed by atoms with van der Waals surface area (Å²) in [5, 5.41) is 3.23. The predicted octanol–water partition coefficient (Wildman–Crippen LogP) is 4.04. The number of pyridine rings is 1. The summed E-state index contributed by atoms with van der Waals surface area (Å²) in [6.45, 7) is 2.96. The first-order valence-corrected chi connectivity index (χ1v) is 11.4. The van der Waals surface area contributed by atoms with E-state index in [0.717, 1.165) is 57.5 Å². The van der Waals surface area contributed by atoms with E-state index in [9.17, 15) is 4.79 Å². The monoisotopic (exact) mass is 405 g/mol. The van der Waals surface area contributed by atoms with Gasteiger partial charge in [0, 0.05) is 50.4 Å². The second-order valence-corrected chi connectivity index (χ2v) is 9.26. The van der Waals surface area contributed by atoms with Crippen LogP contribution in [0.15, 0.2) is 48.8 Å². The lowest BCUT2D eigenvalue weighted by Gasteiger charge is -2.47. The van der Waals surface area contributed by atoms with Crippen LogP contribution in [0.2, 0.25) is 0 Å². The van der Waals surface area contributed by atoms with Gasteiger partial charge >= 0.3 is 0 Å². The zero-order valence-electron chi connectivity index (χ0n) is 17.6. The summed E-state index contributed by atoms with van der Waals surface area (Å²) in [5.41, 5.74) is 2.31. The molecule has 5 rings (SSSR count). The Balaban J connectivity index is 1.26. The van der Waals surface area contributed by atoms with E-state index in [0.29, 0.717) is 12.5 Å². The Hall–Kier alpha value is -2.40. The van der Waals surface area contributed by atoms with E-state index in [2.05, 4.69) is 39.5 Å². The van der Waals surface area contributed by atoms with Crippen LogP contribution in [-0.2, 0) is 11.3 Å². The molecule has 1 saturated carbocycles. The fourth-order valence-electron chi connectivity index (χ4n) is 5.16. The van der Waals surface area contributed by atoms with Gasteiger partial charge in [0.1, 0.15) is 11.4 Å². The SMILES string of the molecule is O=C(C[C@H]1CC2(CCN(Cc3cccnc3)CC2)Oc2ccccc21)NC1CCC1. The van der Waals surface area contributed by atoms with Crippen molar-refractivity contribution in [2.24, 2.45) is 0 Å². The van der Waals surface area contributed by atoms with Gasteiger partial charge in [-0.2, -0.15) is 0 Å². The second kappa shape index (κ2) is 8.38. The standard InChI is InChI=1S/C25H31N3O2/c29-24(27-21-6-3-7-21)15-20-16-25(30-23-9-2-1-8-22(20)23)10-13-28(14-11-25)18-19-5-4-12-26-17-19/h1-2,4-5,8-9,12,17,20-21H,3,6-7,10-11,13-16,18H2,(H,27,29)/t20-/m0/s1. The summed E-state index contributed by atoms with van der Waals surface area (Å²) >= 11 is 0. The number of carbonyl (C=O) groups excluding carboxylic acids is 1. The Morgan fingerprint density at radius 1 is 1.17 bits per heavy atom. The minimum absolute atomic E-state index is 0.152. The first-order chi connectivity index (χ1) is 14.7. The predicted molar refractivity (Wildman–Crippen MR) is 116 cm³/mol. The summed E-state index contributed by atoms with van der Waals surface area (Å²) in [7, 11) is 0. The maximum Gasteiger partial charge on any atom is 0.220 e. The number of hydrogen-bond donors (Lipinski definition) is 1. The van der Waals surface area contributed by atoms with Gasteiger partial charge in [-0.05, 0) is 61.8 Å². The average molecular weight is 406 g/mol. The Morgan fingerprint density at radius 3 is 2.73 bits per heavy atom. The minimum atomic E-state index is -0.152. The first-order valence-electron chi connectivity index (χ1n) is 11.4. The third-order valence-electron chi connectivity index (χ3n) is 7.10. The van der Waals surface area contributed by atoms with Crippen LogP contribution in [-0.4, -0.2) is 40.5 Å². The second-order valence-electron chi connectivity index (χ2n) is 9.26. The summed E-state index contributed by atoms with van der Waals surface area (Å²) in [4.78, 5) is 19.4. The average Bonchev–Trinajstić information content (AvgIpc) is 2.73. The zero-order chi connectivity index (χ0) is 20.4. The van der Waals surface area contributed by atoms with Crippen molar-refractivity contribution in [2.45, 2.75) is 69.1 Å². The Labute approximate surface area is 178 Å². The number of amides is 1. The highest BCUT2D eigenvalue weighted by Crippen LogP contribution is 2.46. The third kappa shape index (κ3) is 4.22. The van der Waals surface area contributed by atoms with E-state index in [-0.39, 0.29) is 17.4 Å². The molecule has 3 heterocycles. The molecule has 3 aliphatic rings. The molecule has 2 fully saturated rings. The molecule has 1 N–H and O–H groups in total. The fraction of sp³-hybridized carbons (Fsp3) is 0.520. The highest BCUT2D eigenvalue weighted by Gasteiger charge is 2.43. The van der Waals surface area contributed by atoms with Gasteiger partial charge in [-0.15, -0.1) is 0 Å². The van der Waals surface area contributed by atoms with Gasteiger partial charge in [0.25, 0.3) is 0 Å². The highest BCUT2D eigenvalue weighted by molar-refractivity contribution is 5.77. The quantitative estimate of drug-likeness (QED) is 0.816. The molecule has 1 aliphatic carbocycles. The minimum Gasteiger partial charge on any atom is -0.487 e. The van der Waals surface area contributed by atoms with Crippen LogP contribution in [0.4, 0.5) is 0 Å². The molecule has 5 nitrogen and oxygen atoms in total. The van der Waals surface area contributed by atoms with Crippen LogP contribution >= 0.6 is 0 Å². The molecular formula is C25H31N3O2. The van der Waals surface area contributed by atoms with Crippen LogP contribution < -0.4 is 10.1 Å². The molecule has 1 saturated heterocycles. The third-order valence-corrected chi connectivity index (χ3v) is 7.10. The fourth-order valence-corrected chi connectivity index (χ4v) is 5.16. The number of aromatic nitrogens is 1. The molecule has 1 spiro atoms. The number of nitrogens with zero attached hydrogens (tertiary/aromatic N) is 2. The molecular weight excluding hydrogens is 374 g/mol. The van der Waals surface area contributed by atoms with E-state index >= 15 is 0 Å². The molecule has 2 aliphatic heterocycles. The van der Waals surface area contributed by atoms with Crippen LogP contribution in [0.1, 0.15) is 62.0 Å².